The number of benzene rings is 3. The van der Waals surface area contributed by atoms with Crippen molar-refractivity contribution in [2.45, 2.75) is 19.9 Å². The number of carbonyl (C=O) groups is 1. The fourth-order valence-corrected chi connectivity index (χ4v) is 3.67. The van der Waals surface area contributed by atoms with Gasteiger partial charge in [-0.1, -0.05) is 47.5 Å². The molecule has 5 nitrogen and oxygen atoms in total. The van der Waals surface area contributed by atoms with E-state index in [1.165, 1.54) is 18.2 Å². The second-order valence-corrected chi connectivity index (χ2v) is 7.94. The van der Waals surface area contributed by atoms with Crippen molar-refractivity contribution in [3.8, 4) is 0 Å². The third kappa shape index (κ3) is 5.81. The predicted molar refractivity (Wildman–Crippen MR) is 119 cm³/mol. The van der Waals surface area contributed by atoms with Crippen molar-refractivity contribution in [2.24, 2.45) is 0 Å². The van der Waals surface area contributed by atoms with E-state index in [0.717, 1.165) is 11.1 Å². The number of nitrogens with zero attached hydrogens (tertiary/aromatic N) is 2. The fraction of sp³-hybridized carbons (Fsp3) is 0.174. The molecule has 0 aliphatic carbocycles. The number of amides is 1. The number of aryl methyl sites for hydroxylation is 1. The summed E-state index contributed by atoms with van der Waals surface area (Å²) in [5.41, 5.74) is 2.12. The molecule has 31 heavy (non-hydrogen) atoms. The first-order chi connectivity index (χ1) is 14.7. The number of halogens is 3. The first-order valence-corrected chi connectivity index (χ1v) is 10.2. The summed E-state index contributed by atoms with van der Waals surface area (Å²) in [7, 11) is 0. The molecule has 0 aliphatic rings. The van der Waals surface area contributed by atoms with Crippen LogP contribution >= 0.6 is 23.2 Å². The highest BCUT2D eigenvalue weighted by Crippen LogP contribution is 2.24. The molecule has 1 amide bonds. The average molecular weight is 461 g/mol. The molecule has 160 valence electrons. The standard InChI is InChI=1S/C23H19Cl2FN2O3/c1-15-2-5-18(12-22(15)28(30)31)23(29)27(14-16-3-8-20(26)9-4-16)11-10-17-6-7-19(24)13-21(17)25/h2-9,12-13H,10-11,14H2,1H3. The van der Waals surface area contributed by atoms with Gasteiger partial charge in [0.2, 0.25) is 0 Å². The van der Waals surface area contributed by atoms with Crippen LogP contribution in [0.1, 0.15) is 27.0 Å². The van der Waals surface area contributed by atoms with E-state index in [0.29, 0.717) is 28.6 Å². The van der Waals surface area contributed by atoms with Crippen molar-refractivity contribution >= 4 is 34.8 Å². The molecule has 0 unspecified atom stereocenters. The molecule has 0 atom stereocenters. The minimum atomic E-state index is -0.510. The number of nitro groups is 1. The van der Waals surface area contributed by atoms with Crippen LogP contribution in [0.5, 0.6) is 0 Å². The highest BCUT2D eigenvalue weighted by Gasteiger charge is 2.20. The number of hydrogen-bond acceptors (Lipinski definition) is 3. The molecule has 0 heterocycles. The molecule has 0 aliphatic heterocycles. The lowest BCUT2D eigenvalue weighted by atomic mass is 10.1. The summed E-state index contributed by atoms with van der Waals surface area (Å²) < 4.78 is 13.3. The Kier molecular flexibility index (Phi) is 7.25. The average Bonchev–Trinajstić information content (AvgIpc) is 2.73. The van der Waals surface area contributed by atoms with E-state index >= 15 is 0 Å². The molecule has 0 bridgehead atoms. The van der Waals surface area contributed by atoms with Crippen LogP contribution in [0.2, 0.25) is 10.0 Å². The van der Waals surface area contributed by atoms with Gasteiger partial charge in [0.15, 0.2) is 0 Å². The molecule has 3 aromatic carbocycles. The maximum Gasteiger partial charge on any atom is 0.273 e. The lowest BCUT2D eigenvalue weighted by Gasteiger charge is -2.23. The van der Waals surface area contributed by atoms with Crippen molar-refractivity contribution < 1.29 is 14.1 Å². The van der Waals surface area contributed by atoms with Gasteiger partial charge in [0, 0.05) is 40.3 Å². The van der Waals surface area contributed by atoms with Gasteiger partial charge in [0.1, 0.15) is 5.82 Å². The zero-order valence-corrected chi connectivity index (χ0v) is 18.2. The maximum absolute atomic E-state index is 13.3. The number of nitro benzene ring substituents is 1. The SMILES string of the molecule is Cc1ccc(C(=O)N(CCc2ccc(Cl)cc2Cl)Cc2ccc(F)cc2)cc1[N+](=O)[O-]. The molecule has 0 N–H and O–H groups in total. The molecular weight excluding hydrogens is 442 g/mol. The third-order valence-corrected chi connectivity index (χ3v) is 5.48. The highest BCUT2D eigenvalue weighted by molar-refractivity contribution is 6.35. The van der Waals surface area contributed by atoms with Gasteiger partial charge in [0.05, 0.1) is 4.92 Å². The third-order valence-electron chi connectivity index (χ3n) is 4.89. The van der Waals surface area contributed by atoms with Gasteiger partial charge in [0.25, 0.3) is 11.6 Å². The summed E-state index contributed by atoms with van der Waals surface area (Å²) >= 11 is 12.2. The fourth-order valence-electron chi connectivity index (χ4n) is 3.16. The molecule has 0 radical (unpaired) electrons. The Morgan fingerprint density at radius 1 is 1.06 bits per heavy atom. The van der Waals surface area contributed by atoms with Crippen LogP contribution in [0.15, 0.2) is 60.7 Å². The van der Waals surface area contributed by atoms with Gasteiger partial charge in [-0.15, -0.1) is 0 Å². The second kappa shape index (κ2) is 9.90. The Morgan fingerprint density at radius 2 is 1.77 bits per heavy atom. The van der Waals surface area contributed by atoms with Crippen molar-refractivity contribution in [2.75, 3.05) is 6.54 Å². The van der Waals surface area contributed by atoms with E-state index in [4.69, 9.17) is 23.2 Å². The topological polar surface area (TPSA) is 63.5 Å². The first-order valence-electron chi connectivity index (χ1n) is 9.47. The summed E-state index contributed by atoms with van der Waals surface area (Å²) in [4.78, 5) is 25.6. The number of carbonyl (C=O) groups excluding carboxylic acids is 1. The zero-order chi connectivity index (χ0) is 22.5. The van der Waals surface area contributed by atoms with Gasteiger partial charge < -0.3 is 4.90 Å². The van der Waals surface area contributed by atoms with Crippen LogP contribution in [0.4, 0.5) is 10.1 Å². The minimum Gasteiger partial charge on any atom is -0.334 e. The Hall–Kier alpha value is -2.96. The number of hydrogen-bond donors (Lipinski definition) is 0. The quantitative estimate of drug-likeness (QED) is 0.309. The summed E-state index contributed by atoms with van der Waals surface area (Å²) in [6, 6.07) is 15.4. The van der Waals surface area contributed by atoms with Gasteiger partial charge in [-0.05, 0) is 54.8 Å². The van der Waals surface area contributed by atoms with Crippen molar-refractivity contribution in [1.29, 1.82) is 0 Å². The van der Waals surface area contributed by atoms with E-state index < -0.39 is 4.92 Å². The van der Waals surface area contributed by atoms with Crippen LogP contribution in [-0.2, 0) is 13.0 Å². The molecule has 0 saturated heterocycles. The summed E-state index contributed by atoms with van der Waals surface area (Å²) in [5.74, 6) is -0.735. The largest absolute Gasteiger partial charge is 0.334 e. The van der Waals surface area contributed by atoms with Crippen LogP contribution in [-0.4, -0.2) is 22.3 Å². The predicted octanol–water partition coefficient (Wildman–Crippen LogP) is 6.23. The smallest absolute Gasteiger partial charge is 0.273 e. The lowest BCUT2D eigenvalue weighted by molar-refractivity contribution is -0.385. The van der Waals surface area contributed by atoms with Crippen molar-refractivity contribution in [3.63, 3.8) is 0 Å². The Bertz CT molecular complexity index is 1120. The van der Waals surface area contributed by atoms with Crippen molar-refractivity contribution in [1.82, 2.24) is 4.90 Å². The molecule has 3 rings (SSSR count). The Labute approximate surface area is 189 Å². The normalized spacial score (nSPS) is 10.7. The summed E-state index contributed by atoms with van der Waals surface area (Å²) in [5, 5.41) is 12.3. The number of rotatable bonds is 7. The van der Waals surface area contributed by atoms with E-state index in [1.54, 1.807) is 54.3 Å². The zero-order valence-electron chi connectivity index (χ0n) is 16.6. The van der Waals surface area contributed by atoms with Crippen LogP contribution in [0, 0.1) is 22.9 Å². The first kappa shape index (κ1) is 22.7. The minimum absolute atomic E-state index is 0.117. The van der Waals surface area contributed by atoms with Gasteiger partial charge in [-0.3, -0.25) is 14.9 Å². The van der Waals surface area contributed by atoms with E-state index in [2.05, 4.69) is 0 Å². The molecule has 3 aromatic rings. The Morgan fingerprint density at radius 3 is 2.42 bits per heavy atom. The lowest BCUT2D eigenvalue weighted by Crippen LogP contribution is -2.32. The molecule has 0 saturated carbocycles. The van der Waals surface area contributed by atoms with Gasteiger partial charge in [-0.2, -0.15) is 0 Å². The molecular formula is C23H19Cl2FN2O3. The van der Waals surface area contributed by atoms with Gasteiger partial charge >= 0.3 is 0 Å². The summed E-state index contributed by atoms with van der Waals surface area (Å²) in [6.07, 6.45) is 0.455. The highest BCUT2D eigenvalue weighted by atomic mass is 35.5. The molecule has 0 spiro atoms. The van der Waals surface area contributed by atoms with E-state index in [1.807, 2.05) is 0 Å². The Balaban J connectivity index is 1.88. The monoisotopic (exact) mass is 460 g/mol. The van der Waals surface area contributed by atoms with Crippen LogP contribution in [0.25, 0.3) is 0 Å². The van der Waals surface area contributed by atoms with Crippen LogP contribution < -0.4 is 0 Å². The van der Waals surface area contributed by atoms with Crippen LogP contribution in [0.3, 0.4) is 0 Å². The molecule has 0 fully saturated rings. The van der Waals surface area contributed by atoms with Gasteiger partial charge in [-0.25, -0.2) is 4.39 Å². The molecule has 8 heteroatoms. The van der Waals surface area contributed by atoms with Crippen molar-refractivity contribution in [3.05, 3.63) is 109 Å². The van der Waals surface area contributed by atoms with E-state index in [9.17, 15) is 19.3 Å². The summed E-state index contributed by atoms with van der Waals surface area (Å²) in [6.45, 7) is 2.14. The molecule has 0 aromatic heterocycles. The van der Waals surface area contributed by atoms with E-state index in [-0.39, 0.29) is 29.5 Å². The maximum atomic E-state index is 13.3. The second-order valence-electron chi connectivity index (χ2n) is 7.10.